The number of nitrogens with one attached hydrogen (secondary N) is 1. The van der Waals surface area contributed by atoms with Crippen molar-refractivity contribution in [3.05, 3.63) is 59.1 Å². The number of fused-ring (bicyclic) bond motifs is 2. The van der Waals surface area contributed by atoms with Crippen LogP contribution in [-0.4, -0.2) is 32.6 Å². The summed E-state index contributed by atoms with van der Waals surface area (Å²) in [5.41, 5.74) is 4.58. The minimum atomic E-state index is 0. The van der Waals surface area contributed by atoms with E-state index in [0.29, 0.717) is 0 Å². The van der Waals surface area contributed by atoms with E-state index in [2.05, 4.69) is 73.8 Å². The fourth-order valence-electron chi connectivity index (χ4n) is 4.56. The van der Waals surface area contributed by atoms with Crippen LogP contribution in [-0.2, 0) is 13.0 Å². The maximum atomic E-state index is 5.48. The average Bonchev–Trinajstić information content (AvgIpc) is 3.07. The number of H-pyrrole nitrogens is 1. The van der Waals surface area contributed by atoms with Crippen LogP contribution in [0.15, 0.2) is 48.8 Å². The monoisotopic (exact) mass is 439 g/mol. The third-order valence-corrected chi connectivity index (χ3v) is 6.43. The Morgan fingerprint density at radius 3 is 2.60 bits per heavy atom. The highest BCUT2D eigenvalue weighted by Gasteiger charge is 2.22. The summed E-state index contributed by atoms with van der Waals surface area (Å²) in [7, 11) is 0. The number of aromatic nitrogens is 4. The van der Waals surface area contributed by atoms with Gasteiger partial charge >= 0.3 is 0 Å². The predicted octanol–water partition coefficient (Wildman–Crippen LogP) is 5.54. The lowest BCUT2D eigenvalue weighted by Gasteiger charge is -2.33. The topological polar surface area (TPSA) is 49.7 Å². The number of aromatic amines is 1. The molecule has 0 radical (unpaired) electrons. The fraction of sp³-hybridized carbons (Fsp3) is 0.348. The van der Waals surface area contributed by atoms with Crippen LogP contribution in [0.25, 0.3) is 21.9 Å². The minimum Gasteiger partial charge on any atom is -0.356 e. The molecule has 7 heteroatoms. The zero-order chi connectivity index (χ0) is 19.8. The van der Waals surface area contributed by atoms with Gasteiger partial charge in [-0.2, -0.15) is 0 Å². The Hall–Kier alpha value is -2.44. The predicted molar refractivity (Wildman–Crippen MR) is 128 cm³/mol. The third-order valence-electron chi connectivity index (χ3n) is 6.11. The van der Waals surface area contributed by atoms with Gasteiger partial charge in [-0.05, 0) is 62.0 Å². The van der Waals surface area contributed by atoms with Gasteiger partial charge in [-0.3, -0.25) is 0 Å². The molecule has 2 aromatic carbocycles. The van der Waals surface area contributed by atoms with Crippen molar-refractivity contribution in [2.75, 3.05) is 18.0 Å². The Kier molecular flexibility index (Phi) is 6.06. The average molecular weight is 440 g/mol. The van der Waals surface area contributed by atoms with Crippen LogP contribution in [0.2, 0.25) is 0 Å². The quantitative estimate of drug-likeness (QED) is 0.424. The first kappa shape index (κ1) is 20.8. The van der Waals surface area contributed by atoms with Crippen molar-refractivity contribution in [3.8, 4) is 0 Å². The van der Waals surface area contributed by atoms with Crippen molar-refractivity contribution in [2.45, 2.75) is 32.7 Å². The molecule has 0 amide bonds. The molecule has 1 aliphatic rings. The number of halogens is 1. The van der Waals surface area contributed by atoms with E-state index in [4.69, 9.17) is 12.2 Å². The second-order valence-electron chi connectivity index (χ2n) is 7.88. The van der Waals surface area contributed by atoms with Crippen molar-refractivity contribution in [1.82, 2.24) is 19.5 Å². The summed E-state index contributed by atoms with van der Waals surface area (Å²) >= 11 is 5.48. The smallest absolute Gasteiger partial charge is 0.178 e. The molecule has 0 spiro atoms. The van der Waals surface area contributed by atoms with Crippen LogP contribution in [0.5, 0.6) is 0 Å². The highest BCUT2D eigenvalue weighted by molar-refractivity contribution is 7.71. The summed E-state index contributed by atoms with van der Waals surface area (Å²) in [5, 5.41) is 1.10. The van der Waals surface area contributed by atoms with E-state index in [1.165, 1.54) is 24.8 Å². The van der Waals surface area contributed by atoms with E-state index in [1.54, 1.807) is 6.33 Å². The van der Waals surface area contributed by atoms with Crippen LogP contribution in [0.3, 0.4) is 0 Å². The van der Waals surface area contributed by atoms with E-state index in [1.807, 2.05) is 0 Å². The number of anilines is 1. The Morgan fingerprint density at radius 2 is 1.87 bits per heavy atom. The highest BCUT2D eigenvalue weighted by atomic mass is 35.5. The number of imidazole rings is 1. The van der Waals surface area contributed by atoms with E-state index >= 15 is 0 Å². The largest absolute Gasteiger partial charge is 0.356 e. The number of nitrogens with zero attached hydrogens (tertiary/aromatic N) is 4. The van der Waals surface area contributed by atoms with Crippen LogP contribution in [0.1, 0.15) is 25.3 Å². The number of hydrogen-bond acceptors (Lipinski definition) is 4. The lowest BCUT2D eigenvalue weighted by molar-refractivity contribution is 0.402. The van der Waals surface area contributed by atoms with Gasteiger partial charge in [-0.1, -0.05) is 30.3 Å². The van der Waals surface area contributed by atoms with Gasteiger partial charge in [0.25, 0.3) is 0 Å². The summed E-state index contributed by atoms with van der Waals surface area (Å²) < 4.78 is 2.87. The maximum absolute atomic E-state index is 5.48. The molecule has 4 aromatic rings. The Morgan fingerprint density at radius 1 is 1.10 bits per heavy atom. The van der Waals surface area contributed by atoms with Crippen molar-refractivity contribution in [1.29, 1.82) is 0 Å². The molecule has 1 fully saturated rings. The molecule has 2 aromatic heterocycles. The molecular formula is C23H26ClN5S. The number of aryl methyl sites for hydroxylation is 1. The van der Waals surface area contributed by atoms with Crippen molar-refractivity contribution in [3.63, 3.8) is 0 Å². The molecule has 0 atom stereocenters. The van der Waals surface area contributed by atoms with Gasteiger partial charge in [0.2, 0.25) is 0 Å². The summed E-state index contributed by atoms with van der Waals surface area (Å²) in [6.07, 6.45) is 5.24. The van der Waals surface area contributed by atoms with Crippen LogP contribution >= 0.6 is 24.6 Å². The summed E-state index contributed by atoms with van der Waals surface area (Å²) in [5.74, 6) is 1.78. The second-order valence-corrected chi connectivity index (χ2v) is 8.27. The van der Waals surface area contributed by atoms with Gasteiger partial charge in [0.15, 0.2) is 4.77 Å². The van der Waals surface area contributed by atoms with Gasteiger partial charge in [-0.25, -0.2) is 9.97 Å². The number of rotatable bonds is 4. The first-order chi connectivity index (χ1) is 14.2. The zero-order valence-corrected chi connectivity index (χ0v) is 18.7. The molecule has 3 heterocycles. The van der Waals surface area contributed by atoms with Crippen molar-refractivity contribution in [2.24, 2.45) is 5.92 Å². The third kappa shape index (κ3) is 3.82. The molecule has 5 nitrogen and oxygen atoms in total. The summed E-state index contributed by atoms with van der Waals surface area (Å²) in [4.78, 5) is 15.0. The molecule has 0 bridgehead atoms. The molecule has 30 heavy (non-hydrogen) atoms. The van der Waals surface area contributed by atoms with Crippen LogP contribution in [0.4, 0.5) is 5.82 Å². The van der Waals surface area contributed by atoms with Crippen molar-refractivity contribution < 1.29 is 0 Å². The SMILES string of the molecule is CCn1c(=S)[nH]c2cc3c(N4CCC(Cc5ccccc5)CC4)ncnc3cc21.Cl. The lowest BCUT2D eigenvalue weighted by Crippen LogP contribution is -2.35. The molecular weight excluding hydrogens is 414 g/mol. The van der Waals surface area contributed by atoms with Gasteiger partial charge in [0.05, 0.1) is 16.6 Å². The zero-order valence-electron chi connectivity index (χ0n) is 17.0. The summed E-state index contributed by atoms with van der Waals surface area (Å²) in [6.45, 7) is 5.02. The fourth-order valence-corrected chi connectivity index (χ4v) is 4.89. The molecule has 1 saturated heterocycles. The summed E-state index contributed by atoms with van der Waals surface area (Å²) in [6, 6.07) is 15.1. The molecule has 0 unspecified atom stereocenters. The van der Waals surface area contributed by atoms with E-state index < -0.39 is 0 Å². The number of benzene rings is 2. The number of hydrogen-bond donors (Lipinski definition) is 1. The normalized spacial score (nSPS) is 14.9. The van der Waals surface area contributed by atoms with E-state index in [0.717, 1.165) is 58.1 Å². The Bertz CT molecular complexity index is 1210. The van der Waals surface area contributed by atoms with Gasteiger partial charge in [0, 0.05) is 25.0 Å². The molecule has 0 aliphatic carbocycles. The standard InChI is InChI=1S/C23H25N5S.ClH/c1-2-28-21-14-19-18(13-20(21)26-23(28)29)22(25-15-24-19)27-10-8-17(9-11-27)12-16-6-4-3-5-7-16;/h3-7,13-15,17H,2,8-12H2,1H3,(H,26,29);1H. The minimum absolute atomic E-state index is 0. The molecule has 0 saturated carbocycles. The molecule has 5 rings (SSSR count). The first-order valence-corrected chi connectivity index (χ1v) is 10.8. The second kappa shape index (κ2) is 8.74. The molecule has 1 aliphatic heterocycles. The van der Waals surface area contributed by atoms with Gasteiger partial charge < -0.3 is 14.5 Å². The lowest BCUT2D eigenvalue weighted by atomic mass is 9.90. The maximum Gasteiger partial charge on any atom is 0.178 e. The molecule has 1 N–H and O–H groups in total. The van der Waals surface area contributed by atoms with Gasteiger partial charge in [0.1, 0.15) is 12.1 Å². The van der Waals surface area contributed by atoms with E-state index in [-0.39, 0.29) is 12.4 Å². The van der Waals surface area contributed by atoms with Crippen LogP contribution in [0, 0.1) is 10.7 Å². The van der Waals surface area contributed by atoms with Crippen LogP contribution < -0.4 is 4.90 Å². The Labute approximate surface area is 187 Å². The van der Waals surface area contributed by atoms with Gasteiger partial charge in [-0.15, -0.1) is 12.4 Å². The van der Waals surface area contributed by atoms with E-state index in [9.17, 15) is 0 Å². The molecule has 156 valence electrons. The van der Waals surface area contributed by atoms with Crippen molar-refractivity contribution >= 4 is 52.4 Å². The Balaban J connectivity index is 0.00000218. The number of piperidine rings is 1. The first-order valence-electron chi connectivity index (χ1n) is 10.4. The highest BCUT2D eigenvalue weighted by Crippen LogP contribution is 2.31.